The highest BCUT2D eigenvalue weighted by molar-refractivity contribution is 5.71. The maximum atomic E-state index is 10.6. The number of nitrogens with one attached hydrogen (secondary N) is 1. The highest BCUT2D eigenvalue weighted by Crippen LogP contribution is 2.15. The first-order valence-corrected chi connectivity index (χ1v) is 5.37. The molecule has 5 heteroatoms. The van der Waals surface area contributed by atoms with Gasteiger partial charge in [0.25, 0.3) is 0 Å². The number of anilines is 1. The van der Waals surface area contributed by atoms with E-state index in [9.17, 15) is 9.90 Å². The number of carbonyl (C=O) groups is 1. The van der Waals surface area contributed by atoms with Crippen LogP contribution < -0.4 is 5.32 Å². The second kappa shape index (κ2) is 6.22. The lowest BCUT2D eigenvalue weighted by Gasteiger charge is -2.12. The van der Waals surface area contributed by atoms with Crippen LogP contribution in [0.1, 0.15) is 11.1 Å². The van der Waals surface area contributed by atoms with E-state index in [2.05, 4.69) is 5.32 Å². The van der Waals surface area contributed by atoms with Gasteiger partial charge in [-0.3, -0.25) is 4.79 Å². The zero-order valence-electron chi connectivity index (χ0n) is 9.68. The Morgan fingerprint density at radius 2 is 2.18 bits per heavy atom. The van der Waals surface area contributed by atoms with Gasteiger partial charge in [-0.2, -0.15) is 0 Å². The predicted molar refractivity (Wildman–Crippen MR) is 64.1 cm³/mol. The number of benzene rings is 1. The summed E-state index contributed by atoms with van der Waals surface area (Å²) < 4.78 is 0. The third-order valence-electron chi connectivity index (χ3n) is 2.44. The lowest BCUT2D eigenvalue weighted by molar-refractivity contribution is -0.136. The summed E-state index contributed by atoms with van der Waals surface area (Å²) in [6.45, 7) is 1.81. The summed E-state index contributed by atoms with van der Waals surface area (Å²) >= 11 is 0. The van der Waals surface area contributed by atoms with Gasteiger partial charge >= 0.3 is 5.97 Å². The van der Waals surface area contributed by atoms with E-state index in [4.69, 9.17) is 10.2 Å². The fourth-order valence-corrected chi connectivity index (χ4v) is 1.47. The molecule has 0 fully saturated rings. The van der Waals surface area contributed by atoms with Crippen LogP contribution in [-0.2, 0) is 11.2 Å². The van der Waals surface area contributed by atoms with Gasteiger partial charge in [0.2, 0.25) is 0 Å². The summed E-state index contributed by atoms with van der Waals surface area (Å²) in [5.41, 5.74) is 2.45. The third kappa shape index (κ3) is 4.42. The Morgan fingerprint density at radius 3 is 2.71 bits per heavy atom. The molecular formula is C12H17NO4. The third-order valence-corrected chi connectivity index (χ3v) is 2.44. The summed E-state index contributed by atoms with van der Waals surface area (Å²) in [4.78, 5) is 10.6. The summed E-state index contributed by atoms with van der Waals surface area (Å²) in [6, 6.07) is 5.33. The van der Waals surface area contributed by atoms with Crippen LogP contribution in [0.25, 0.3) is 0 Å². The fourth-order valence-electron chi connectivity index (χ4n) is 1.47. The van der Waals surface area contributed by atoms with Crippen molar-refractivity contribution < 1.29 is 20.1 Å². The van der Waals surface area contributed by atoms with Crippen LogP contribution in [0.4, 0.5) is 5.69 Å². The summed E-state index contributed by atoms with van der Waals surface area (Å²) in [5, 5.41) is 29.5. The van der Waals surface area contributed by atoms with E-state index in [0.717, 1.165) is 16.8 Å². The van der Waals surface area contributed by atoms with Gasteiger partial charge < -0.3 is 20.6 Å². The van der Waals surface area contributed by atoms with E-state index in [1.165, 1.54) is 0 Å². The van der Waals surface area contributed by atoms with Crippen molar-refractivity contribution in [2.75, 3.05) is 18.5 Å². The van der Waals surface area contributed by atoms with Crippen molar-refractivity contribution in [3.8, 4) is 0 Å². The molecule has 0 spiro atoms. The molecule has 94 valence electrons. The molecular weight excluding hydrogens is 222 g/mol. The zero-order chi connectivity index (χ0) is 12.8. The molecule has 17 heavy (non-hydrogen) atoms. The van der Waals surface area contributed by atoms with Crippen LogP contribution >= 0.6 is 0 Å². The molecule has 0 aliphatic heterocycles. The molecule has 5 nitrogen and oxygen atoms in total. The molecule has 0 heterocycles. The van der Waals surface area contributed by atoms with Crippen molar-refractivity contribution in [1.29, 1.82) is 0 Å². The van der Waals surface area contributed by atoms with Gasteiger partial charge in [0.05, 0.1) is 19.1 Å². The van der Waals surface area contributed by atoms with Crippen molar-refractivity contribution in [3.63, 3.8) is 0 Å². The summed E-state index contributed by atoms with van der Waals surface area (Å²) in [5.74, 6) is -0.857. The molecule has 1 rings (SSSR count). The molecule has 1 atom stereocenters. The molecule has 0 aromatic heterocycles. The molecule has 0 radical (unpaired) electrons. The van der Waals surface area contributed by atoms with Gasteiger partial charge in [-0.1, -0.05) is 6.07 Å². The Morgan fingerprint density at radius 1 is 1.47 bits per heavy atom. The fraction of sp³-hybridized carbons (Fsp3) is 0.417. The van der Waals surface area contributed by atoms with Crippen LogP contribution in [0, 0.1) is 6.92 Å². The maximum Gasteiger partial charge on any atom is 0.307 e. The summed E-state index contributed by atoms with van der Waals surface area (Å²) in [7, 11) is 0. The number of aryl methyl sites for hydroxylation is 1. The molecule has 0 bridgehead atoms. The normalized spacial score (nSPS) is 12.2. The standard InChI is InChI=1S/C12H17NO4/c1-8-4-10(13-6-11(15)7-14)3-2-9(8)5-12(16)17/h2-4,11,13-15H,5-7H2,1H3,(H,16,17). The maximum absolute atomic E-state index is 10.6. The minimum Gasteiger partial charge on any atom is -0.481 e. The number of rotatable bonds is 6. The van der Waals surface area contributed by atoms with Crippen molar-refractivity contribution in [3.05, 3.63) is 29.3 Å². The van der Waals surface area contributed by atoms with E-state index in [-0.39, 0.29) is 19.6 Å². The average Bonchev–Trinajstić information content (AvgIpc) is 2.28. The molecule has 1 aromatic carbocycles. The number of carboxylic acid groups (broad SMARTS) is 1. The van der Waals surface area contributed by atoms with Crippen LogP contribution in [-0.4, -0.2) is 40.5 Å². The number of hydrogen-bond donors (Lipinski definition) is 4. The molecule has 0 aliphatic rings. The molecule has 1 aromatic rings. The van der Waals surface area contributed by atoms with E-state index in [1.807, 2.05) is 13.0 Å². The Labute approximate surface area is 99.7 Å². The summed E-state index contributed by atoms with van der Waals surface area (Å²) in [6.07, 6.45) is -0.792. The largest absolute Gasteiger partial charge is 0.481 e. The SMILES string of the molecule is Cc1cc(NCC(O)CO)ccc1CC(=O)O. The number of aliphatic carboxylic acids is 1. The van der Waals surface area contributed by atoms with E-state index >= 15 is 0 Å². The average molecular weight is 239 g/mol. The Hall–Kier alpha value is -1.59. The number of carboxylic acids is 1. The van der Waals surface area contributed by atoms with Crippen molar-refractivity contribution in [2.45, 2.75) is 19.4 Å². The molecule has 1 unspecified atom stereocenters. The highest BCUT2D eigenvalue weighted by Gasteiger charge is 2.06. The minimum atomic E-state index is -0.857. The molecule has 0 saturated heterocycles. The molecule has 4 N–H and O–H groups in total. The quantitative estimate of drug-likeness (QED) is 0.576. The van der Waals surface area contributed by atoms with E-state index in [0.29, 0.717) is 0 Å². The molecule has 0 amide bonds. The van der Waals surface area contributed by atoms with Crippen molar-refractivity contribution >= 4 is 11.7 Å². The van der Waals surface area contributed by atoms with Crippen LogP contribution in [0.15, 0.2) is 18.2 Å². The second-order valence-corrected chi connectivity index (χ2v) is 3.93. The smallest absolute Gasteiger partial charge is 0.307 e. The van der Waals surface area contributed by atoms with Gasteiger partial charge in [0, 0.05) is 12.2 Å². The Kier molecular flexibility index (Phi) is 4.93. The van der Waals surface area contributed by atoms with Crippen LogP contribution in [0.5, 0.6) is 0 Å². The Balaban J connectivity index is 2.65. The van der Waals surface area contributed by atoms with Gasteiger partial charge in [-0.25, -0.2) is 0 Å². The lowest BCUT2D eigenvalue weighted by Crippen LogP contribution is -2.22. The number of hydrogen-bond acceptors (Lipinski definition) is 4. The monoisotopic (exact) mass is 239 g/mol. The van der Waals surface area contributed by atoms with Crippen molar-refractivity contribution in [1.82, 2.24) is 0 Å². The number of aliphatic hydroxyl groups is 2. The van der Waals surface area contributed by atoms with Gasteiger partial charge in [-0.05, 0) is 30.2 Å². The molecule has 0 aliphatic carbocycles. The van der Waals surface area contributed by atoms with E-state index in [1.54, 1.807) is 12.1 Å². The van der Waals surface area contributed by atoms with E-state index < -0.39 is 12.1 Å². The first-order chi connectivity index (χ1) is 8.02. The first kappa shape index (κ1) is 13.5. The minimum absolute atomic E-state index is 0.00534. The second-order valence-electron chi connectivity index (χ2n) is 3.93. The van der Waals surface area contributed by atoms with Gasteiger partial charge in [0.15, 0.2) is 0 Å². The van der Waals surface area contributed by atoms with Crippen molar-refractivity contribution in [2.24, 2.45) is 0 Å². The Bertz CT molecular complexity index is 392. The molecule has 0 saturated carbocycles. The zero-order valence-corrected chi connectivity index (χ0v) is 9.68. The number of aliphatic hydroxyl groups excluding tert-OH is 2. The van der Waals surface area contributed by atoms with Crippen LogP contribution in [0.3, 0.4) is 0 Å². The predicted octanol–water partition coefficient (Wildman–Crippen LogP) is 0.387. The van der Waals surface area contributed by atoms with Crippen LogP contribution in [0.2, 0.25) is 0 Å². The topological polar surface area (TPSA) is 89.8 Å². The van der Waals surface area contributed by atoms with Gasteiger partial charge in [0.1, 0.15) is 0 Å². The first-order valence-electron chi connectivity index (χ1n) is 5.37. The highest BCUT2D eigenvalue weighted by atomic mass is 16.4. The van der Waals surface area contributed by atoms with Gasteiger partial charge in [-0.15, -0.1) is 0 Å². The lowest BCUT2D eigenvalue weighted by atomic mass is 10.1.